The Morgan fingerprint density at radius 2 is 2.00 bits per heavy atom. The number of halogens is 1. The first-order valence-electron chi connectivity index (χ1n) is 13.0. The normalized spacial score (nSPS) is 16.6. The number of pyridine rings is 2. The predicted octanol–water partition coefficient (Wildman–Crippen LogP) is 5.04. The first kappa shape index (κ1) is 24.5. The molecule has 2 N–H and O–H groups in total. The summed E-state index contributed by atoms with van der Waals surface area (Å²) in [4.78, 5) is 24.6. The van der Waals surface area contributed by atoms with Gasteiger partial charge in [-0.05, 0) is 69.1 Å². The van der Waals surface area contributed by atoms with Crippen molar-refractivity contribution in [3.05, 3.63) is 77.0 Å². The van der Waals surface area contributed by atoms with Gasteiger partial charge in [0, 0.05) is 43.6 Å². The van der Waals surface area contributed by atoms with E-state index in [-0.39, 0.29) is 17.8 Å². The van der Waals surface area contributed by atoms with Crippen molar-refractivity contribution < 1.29 is 13.9 Å². The first-order valence-corrected chi connectivity index (χ1v) is 13.0. The summed E-state index contributed by atoms with van der Waals surface area (Å²) in [6, 6.07) is 11.0. The average molecular weight is 515 g/mol. The third-order valence-corrected chi connectivity index (χ3v) is 7.77. The lowest BCUT2D eigenvalue weighted by atomic mass is 9.88. The number of imidazole rings is 1. The molecular formula is C29H31FN6O2. The minimum absolute atomic E-state index is 0.131. The average Bonchev–Trinajstić information content (AvgIpc) is 3.52. The highest BCUT2D eigenvalue weighted by atomic mass is 19.1. The Bertz CT molecular complexity index is 1530. The summed E-state index contributed by atoms with van der Waals surface area (Å²) in [6.07, 6.45) is 5.36. The molecule has 1 unspecified atom stereocenters. The number of anilines is 2. The van der Waals surface area contributed by atoms with E-state index in [0.717, 1.165) is 48.6 Å². The van der Waals surface area contributed by atoms with Crippen molar-refractivity contribution in [2.24, 2.45) is 0 Å². The molecule has 1 amide bonds. The first-order chi connectivity index (χ1) is 18.4. The second-order valence-electron chi connectivity index (χ2n) is 10.2. The van der Waals surface area contributed by atoms with E-state index in [1.807, 2.05) is 22.6 Å². The molecule has 0 radical (unpaired) electrons. The summed E-state index contributed by atoms with van der Waals surface area (Å²) in [5.74, 6) is 0.653. The Morgan fingerprint density at radius 1 is 1.18 bits per heavy atom. The van der Waals surface area contributed by atoms with Gasteiger partial charge in [0.05, 0.1) is 28.8 Å². The molecule has 0 aliphatic carbocycles. The molecule has 1 saturated heterocycles. The zero-order valence-electron chi connectivity index (χ0n) is 21.8. The lowest BCUT2D eigenvalue weighted by molar-refractivity contribution is 0.0848. The van der Waals surface area contributed by atoms with Crippen LogP contribution in [-0.4, -0.2) is 52.5 Å². The maximum atomic E-state index is 13.7. The number of nitrogens with zero attached hydrogens (tertiary/aromatic N) is 4. The third-order valence-electron chi connectivity index (χ3n) is 7.77. The highest BCUT2D eigenvalue weighted by molar-refractivity contribution is 6.06. The van der Waals surface area contributed by atoms with Gasteiger partial charge in [-0.1, -0.05) is 12.1 Å². The molecule has 0 bridgehead atoms. The van der Waals surface area contributed by atoms with Crippen molar-refractivity contribution in [3.8, 4) is 11.3 Å². The van der Waals surface area contributed by atoms with Gasteiger partial charge < -0.3 is 20.3 Å². The van der Waals surface area contributed by atoms with E-state index >= 15 is 0 Å². The van der Waals surface area contributed by atoms with Gasteiger partial charge in [0.2, 0.25) is 0 Å². The molecular weight excluding hydrogens is 483 g/mol. The summed E-state index contributed by atoms with van der Waals surface area (Å²) < 4.78 is 21.1. The molecule has 0 saturated carbocycles. The fraction of sp³-hybridized carbons (Fsp3) is 0.345. The van der Waals surface area contributed by atoms with Gasteiger partial charge in [-0.3, -0.25) is 9.20 Å². The number of carbonyl (C=O) groups is 1. The molecule has 1 fully saturated rings. The van der Waals surface area contributed by atoms with Gasteiger partial charge in [-0.2, -0.15) is 0 Å². The molecule has 6 rings (SSSR count). The van der Waals surface area contributed by atoms with E-state index in [2.05, 4.69) is 47.6 Å². The van der Waals surface area contributed by atoms with Crippen LogP contribution < -0.4 is 10.6 Å². The molecule has 2 aliphatic heterocycles. The van der Waals surface area contributed by atoms with Crippen molar-refractivity contribution in [3.63, 3.8) is 0 Å². The summed E-state index contributed by atoms with van der Waals surface area (Å²) in [6.45, 7) is 4.12. The molecule has 196 valence electrons. The lowest BCUT2D eigenvalue weighted by Crippen LogP contribution is -2.23. The molecule has 1 atom stereocenters. The largest absolute Gasteiger partial charge is 0.381 e. The molecule has 38 heavy (non-hydrogen) atoms. The Morgan fingerprint density at radius 3 is 2.79 bits per heavy atom. The van der Waals surface area contributed by atoms with Crippen molar-refractivity contribution in [2.75, 3.05) is 32.6 Å². The number of carbonyl (C=O) groups excluding carboxylic acids is 1. The second kappa shape index (κ2) is 9.81. The van der Waals surface area contributed by atoms with Crippen LogP contribution in [0.3, 0.4) is 0 Å². The molecule has 2 aliphatic rings. The second-order valence-corrected chi connectivity index (χ2v) is 10.2. The van der Waals surface area contributed by atoms with Crippen LogP contribution in [0.15, 0.2) is 48.8 Å². The van der Waals surface area contributed by atoms with Gasteiger partial charge in [-0.15, -0.1) is 0 Å². The summed E-state index contributed by atoms with van der Waals surface area (Å²) in [5.41, 5.74) is 6.69. The van der Waals surface area contributed by atoms with E-state index in [1.54, 1.807) is 12.4 Å². The molecule has 3 aromatic heterocycles. The van der Waals surface area contributed by atoms with Crippen LogP contribution in [0.2, 0.25) is 0 Å². The van der Waals surface area contributed by atoms with Crippen LogP contribution in [0.1, 0.15) is 58.9 Å². The number of fused-ring (bicyclic) bond motifs is 2. The van der Waals surface area contributed by atoms with Gasteiger partial charge in [-0.25, -0.2) is 14.4 Å². The Balaban J connectivity index is 1.38. The summed E-state index contributed by atoms with van der Waals surface area (Å²) in [7, 11) is 4.12. The Kier molecular flexibility index (Phi) is 6.33. The van der Waals surface area contributed by atoms with Crippen LogP contribution in [0.4, 0.5) is 15.9 Å². The van der Waals surface area contributed by atoms with Gasteiger partial charge >= 0.3 is 0 Å². The topological polar surface area (TPSA) is 83.8 Å². The maximum Gasteiger partial charge on any atom is 0.254 e. The molecule has 9 heteroatoms. The lowest BCUT2D eigenvalue weighted by Gasteiger charge is -2.28. The van der Waals surface area contributed by atoms with E-state index in [9.17, 15) is 9.18 Å². The Hall–Kier alpha value is -3.82. The van der Waals surface area contributed by atoms with Crippen molar-refractivity contribution in [1.29, 1.82) is 0 Å². The number of amides is 1. The maximum absolute atomic E-state index is 13.7. The number of hydrogen-bond acceptors (Lipinski definition) is 6. The quantitative estimate of drug-likeness (QED) is 0.375. The van der Waals surface area contributed by atoms with Crippen LogP contribution >= 0.6 is 0 Å². The SMILES string of the molecule is CC(c1nc(Nc2ccc(-c3cnc4cc(F)ccn34)c3c2C(=O)NC3)ccc1C1CCOCC1)N(C)C. The fourth-order valence-corrected chi connectivity index (χ4v) is 5.47. The summed E-state index contributed by atoms with van der Waals surface area (Å²) in [5, 5.41) is 6.39. The minimum Gasteiger partial charge on any atom is -0.381 e. The summed E-state index contributed by atoms with van der Waals surface area (Å²) >= 11 is 0. The van der Waals surface area contributed by atoms with E-state index in [4.69, 9.17) is 9.72 Å². The minimum atomic E-state index is -0.338. The van der Waals surface area contributed by atoms with Gasteiger partial charge in [0.25, 0.3) is 5.91 Å². The number of aromatic nitrogens is 3. The van der Waals surface area contributed by atoms with E-state index in [1.165, 1.54) is 17.7 Å². The van der Waals surface area contributed by atoms with Gasteiger partial charge in [0.1, 0.15) is 17.3 Å². The number of ether oxygens (including phenoxy) is 1. The number of nitrogens with one attached hydrogen (secondary N) is 2. The number of benzene rings is 1. The third kappa shape index (κ3) is 4.31. The van der Waals surface area contributed by atoms with Crippen LogP contribution in [-0.2, 0) is 11.3 Å². The zero-order chi connectivity index (χ0) is 26.4. The van der Waals surface area contributed by atoms with Crippen molar-refractivity contribution >= 4 is 23.1 Å². The predicted molar refractivity (Wildman–Crippen MR) is 144 cm³/mol. The van der Waals surface area contributed by atoms with Crippen LogP contribution in [0.25, 0.3) is 16.9 Å². The number of rotatable bonds is 6. The number of hydrogen-bond donors (Lipinski definition) is 2. The Labute approximate surface area is 220 Å². The highest BCUT2D eigenvalue weighted by Gasteiger charge is 2.28. The standard InChI is InChI=1S/C29H31FN6O2/c1-17(35(2)3)28-20(18-9-12-38-13-10-18)5-7-25(34-28)33-23-6-4-21(22-15-32-29(37)27(22)23)24-16-31-26-14-19(30)8-11-36(24)26/h4-8,11,14,16-18H,9-10,12-13,15H2,1-3H3,(H,32,37)(H,33,34). The smallest absolute Gasteiger partial charge is 0.254 e. The van der Waals surface area contributed by atoms with E-state index < -0.39 is 0 Å². The molecule has 1 aromatic carbocycles. The molecule has 4 aromatic rings. The van der Waals surface area contributed by atoms with Crippen molar-refractivity contribution in [2.45, 2.75) is 38.3 Å². The molecule has 5 heterocycles. The zero-order valence-corrected chi connectivity index (χ0v) is 21.8. The van der Waals surface area contributed by atoms with Crippen LogP contribution in [0, 0.1) is 5.82 Å². The molecule has 0 spiro atoms. The van der Waals surface area contributed by atoms with Crippen LogP contribution in [0.5, 0.6) is 0 Å². The highest BCUT2D eigenvalue weighted by Crippen LogP contribution is 2.37. The van der Waals surface area contributed by atoms with Crippen molar-refractivity contribution in [1.82, 2.24) is 24.6 Å². The monoisotopic (exact) mass is 514 g/mol. The molecule has 8 nitrogen and oxygen atoms in total. The van der Waals surface area contributed by atoms with Gasteiger partial charge in [0.15, 0.2) is 0 Å². The fourth-order valence-electron chi connectivity index (χ4n) is 5.47. The van der Waals surface area contributed by atoms with E-state index in [0.29, 0.717) is 35.2 Å².